The summed E-state index contributed by atoms with van der Waals surface area (Å²) < 4.78 is 1.97. The van der Waals surface area contributed by atoms with E-state index >= 15 is 0 Å². The van der Waals surface area contributed by atoms with E-state index in [-0.39, 0.29) is 11.8 Å². The third-order valence-electron chi connectivity index (χ3n) is 6.49. The lowest BCUT2D eigenvalue weighted by molar-refractivity contribution is 0.0991. The van der Waals surface area contributed by atoms with Crippen LogP contribution >= 0.6 is 11.3 Å². The van der Waals surface area contributed by atoms with E-state index < -0.39 is 0 Å². The summed E-state index contributed by atoms with van der Waals surface area (Å²) in [4.78, 5) is 42.6. The van der Waals surface area contributed by atoms with Crippen molar-refractivity contribution < 1.29 is 9.59 Å². The Morgan fingerprint density at radius 1 is 1.05 bits per heavy atom. The smallest absolute Gasteiger partial charge is 0.268 e. The number of benzene rings is 1. The van der Waals surface area contributed by atoms with Gasteiger partial charge in [0, 0.05) is 66.6 Å². The zero-order chi connectivity index (χ0) is 27.5. The molecule has 0 radical (unpaired) electrons. The van der Waals surface area contributed by atoms with E-state index in [1.54, 1.807) is 61.1 Å². The Balaban J connectivity index is 1.31. The van der Waals surface area contributed by atoms with Crippen LogP contribution in [-0.4, -0.2) is 48.6 Å². The van der Waals surface area contributed by atoms with Crippen molar-refractivity contribution in [2.24, 2.45) is 0 Å². The molecule has 0 aliphatic rings. The van der Waals surface area contributed by atoms with E-state index in [0.29, 0.717) is 40.6 Å². The van der Waals surface area contributed by atoms with Gasteiger partial charge in [0.2, 0.25) is 5.95 Å². The first-order valence-electron chi connectivity index (χ1n) is 12.6. The molecule has 0 atom stereocenters. The Morgan fingerprint density at radius 2 is 1.98 bits per heavy atom. The van der Waals surface area contributed by atoms with Crippen molar-refractivity contribution >= 4 is 45.8 Å². The number of carbonyl (C=O) groups excluding carboxylic acids is 2. The number of carbonyl (C=O) groups is 2. The summed E-state index contributed by atoms with van der Waals surface area (Å²) in [5.41, 5.74) is 4.51. The number of hydrogen-bond donors (Lipinski definition) is 2. The van der Waals surface area contributed by atoms with E-state index in [1.165, 1.54) is 11.3 Å². The molecule has 2 N–H and O–H groups in total. The molecule has 0 saturated carbocycles. The average Bonchev–Trinajstić information content (AvgIpc) is 3.76. The van der Waals surface area contributed by atoms with Crippen molar-refractivity contribution in [3.8, 4) is 10.4 Å². The van der Waals surface area contributed by atoms with Gasteiger partial charge in [0.25, 0.3) is 11.8 Å². The van der Waals surface area contributed by atoms with E-state index in [9.17, 15) is 9.59 Å². The van der Waals surface area contributed by atoms with Gasteiger partial charge in [0.05, 0.1) is 27.7 Å². The molecule has 1 aromatic carbocycles. The molecule has 0 spiro atoms. The Hall–Kier alpha value is -5.16. The van der Waals surface area contributed by atoms with Gasteiger partial charge >= 0.3 is 0 Å². The minimum Gasteiger partial charge on any atom is -0.311 e. The lowest BCUT2D eigenvalue weighted by Gasteiger charge is -2.17. The summed E-state index contributed by atoms with van der Waals surface area (Å²) in [5, 5.41) is 9.78. The van der Waals surface area contributed by atoms with Crippen molar-refractivity contribution in [1.29, 1.82) is 0 Å². The van der Waals surface area contributed by atoms with Gasteiger partial charge in [0.1, 0.15) is 0 Å². The first-order chi connectivity index (χ1) is 19.6. The van der Waals surface area contributed by atoms with Gasteiger partial charge < -0.3 is 9.47 Å². The topological polar surface area (TPSA) is 122 Å². The fourth-order valence-corrected chi connectivity index (χ4v) is 5.27. The molecule has 5 aromatic heterocycles. The van der Waals surface area contributed by atoms with E-state index in [2.05, 4.69) is 25.5 Å². The number of hydrogen-bond acceptors (Lipinski definition) is 7. The average molecular weight is 549 g/mol. The van der Waals surface area contributed by atoms with E-state index in [0.717, 1.165) is 21.7 Å². The molecule has 2 amide bonds. The Labute approximate surface area is 233 Å². The molecule has 0 aliphatic heterocycles. The summed E-state index contributed by atoms with van der Waals surface area (Å²) in [6.07, 6.45) is 9.10. The maximum atomic E-state index is 13.3. The van der Waals surface area contributed by atoms with Crippen LogP contribution in [0.2, 0.25) is 0 Å². The lowest BCUT2D eigenvalue weighted by Crippen LogP contribution is -2.26. The first kappa shape index (κ1) is 25.1. The molecule has 11 heteroatoms. The molecule has 40 heavy (non-hydrogen) atoms. The standard InChI is InChI=1S/C29H24N8O2S/c1-36(28(39)19-5-4-12-30-16-19)22-7-8-24-23(15-22)34-29(37(24)14-11-21-6-2-3-13-31-21)35-27(38)26-10-9-25(40-26)20-17-32-33-18-20/h2-10,12-13,15-18H,11,14H2,1H3,(H,32,33)(H,34,35,38). The normalized spacial score (nSPS) is 11.0. The van der Waals surface area contributed by atoms with Crippen LogP contribution in [-0.2, 0) is 13.0 Å². The maximum Gasteiger partial charge on any atom is 0.268 e. The second-order valence-electron chi connectivity index (χ2n) is 9.04. The number of fused-ring (bicyclic) bond motifs is 1. The molecule has 0 bridgehead atoms. The zero-order valence-corrected chi connectivity index (χ0v) is 22.3. The molecule has 0 saturated heterocycles. The number of thiophene rings is 1. The highest BCUT2D eigenvalue weighted by molar-refractivity contribution is 7.17. The molecule has 0 fully saturated rings. The summed E-state index contributed by atoms with van der Waals surface area (Å²) in [5.74, 6) is -0.00695. The second-order valence-corrected chi connectivity index (χ2v) is 10.1. The first-order valence-corrected chi connectivity index (χ1v) is 13.4. The van der Waals surface area contributed by atoms with Gasteiger partial charge in [-0.05, 0) is 54.6 Å². The predicted octanol–water partition coefficient (Wildman–Crippen LogP) is 5.05. The molecule has 10 nitrogen and oxygen atoms in total. The van der Waals surface area contributed by atoms with Crippen LogP contribution in [0, 0.1) is 0 Å². The number of aromatic amines is 1. The maximum absolute atomic E-state index is 13.3. The highest BCUT2D eigenvalue weighted by Crippen LogP contribution is 2.29. The van der Waals surface area contributed by atoms with Gasteiger partial charge in [0.15, 0.2) is 0 Å². The van der Waals surface area contributed by atoms with Crippen molar-refractivity contribution in [1.82, 2.24) is 29.7 Å². The number of nitrogens with zero attached hydrogens (tertiary/aromatic N) is 6. The predicted molar refractivity (Wildman–Crippen MR) is 154 cm³/mol. The number of pyridine rings is 2. The van der Waals surface area contributed by atoms with Crippen molar-refractivity contribution in [3.63, 3.8) is 0 Å². The summed E-state index contributed by atoms with van der Waals surface area (Å²) in [7, 11) is 1.71. The third-order valence-corrected chi connectivity index (χ3v) is 7.62. The lowest BCUT2D eigenvalue weighted by atomic mass is 10.2. The monoisotopic (exact) mass is 548 g/mol. The molecule has 0 aliphatic carbocycles. The van der Waals surface area contributed by atoms with Crippen molar-refractivity contribution in [2.75, 3.05) is 17.3 Å². The van der Waals surface area contributed by atoms with Crippen molar-refractivity contribution in [3.05, 3.63) is 108 Å². The number of aryl methyl sites for hydroxylation is 2. The van der Waals surface area contributed by atoms with Gasteiger partial charge in [-0.1, -0.05) is 6.07 Å². The fourth-order valence-electron chi connectivity index (χ4n) is 4.38. The highest BCUT2D eigenvalue weighted by atomic mass is 32.1. The summed E-state index contributed by atoms with van der Waals surface area (Å²) in [6, 6.07) is 18.6. The van der Waals surface area contributed by atoms with Crippen LogP contribution in [0.4, 0.5) is 11.6 Å². The minimum atomic E-state index is -0.252. The minimum absolute atomic E-state index is 0.179. The molecule has 5 heterocycles. The third kappa shape index (κ3) is 5.09. The quantitative estimate of drug-likeness (QED) is 0.275. The molecular formula is C29H24N8O2S. The SMILES string of the molecule is CN(C(=O)c1cccnc1)c1ccc2c(c1)nc(NC(=O)c1ccc(-c3cn[nH]c3)s1)n2CCc1ccccn1. The molecule has 6 rings (SSSR count). The fraction of sp³-hybridized carbons (Fsp3) is 0.103. The number of amides is 2. The molecule has 198 valence electrons. The van der Waals surface area contributed by atoms with Crippen LogP contribution in [0.1, 0.15) is 25.7 Å². The number of rotatable bonds is 8. The van der Waals surface area contributed by atoms with Crippen LogP contribution < -0.4 is 10.2 Å². The van der Waals surface area contributed by atoms with Crippen LogP contribution in [0.3, 0.4) is 0 Å². The van der Waals surface area contributed by atoms with Gasteiger partial charge in [-0.15, -0.1) is 11.3 Å². The number of nitrogens with one attached hydrogen (secondary N) is 2. The number of anilines is 2. The Bertz CT molecular complexity index is 1780. The zero-order valence-electron chi connectivity index (χ0n) is 21.5. The number of imidazole rings is 1. The van der Waals surface area contributed by atoms with Crippen LogP contribution in [0.5, 0.6) is 0 Å². The van der Waals surface area contributed by atoms with E-state index in [4.69, 9.17) is 4.98 Å². The Morgan fingerprint density at radius 3 is 2.75 bits per heavy atom. The highest BCUT2D eigenvalue weighted by Gasteiger charge is 2.19. The molecule has 6 aromatic rings. The Kier molecular flexibility index (Phi) is 6.86. The van der Waals surface area contributed by atoms with E-state index in [1.807, 2.05) is 47.0 Å². The number of H-pyrrole nitrogens is 1. The van der Waals surface area contributed by atoms with Gasteiger partial charge in [-0.3, -0.25) is 30.0 Å². The van der Waals surface area contributed by atoms with Crippen LogP contribution in [0.15, 0.2) is 91.6 Å². The largest absolute Gasteiger partial charge is 0.311 e. The van der Waals surface area contributed by atoms with Crippen LogP contribution in [0.25, 0.3) is 21.5 Å². The number of aromatic nitrogens is 6. The summed E-state index contributed by atoms with van der Waals surface area (Å²) >= 11 is 1.38. The van der Waals surface area contributed by atoms with Gasteiger partial charge in [-0.25, -0.2) is 4.98 Å². The second kappa shape index (κ2) is 10.9. The summed E-state index contributed by atoms with van der Waals surface area (Å²) in [6.45, 7) is 0.553. The van der Waals surface area contributed by atoms with Crippen molar-refractivity contribution in [2.45, 2.75) is 13.0 Å². The van der Waals surface area contributed by atoms with Gasteiger partial charge in [-0.2, -0.15) is 5.10 Å². The molecular weight excluding hydrogens is 524 g/mol. The molecule has 0 unspecified atom stereocenters.